The largest absolute Gasteiger partial charge is 0.481 e. The fraction of sp³-hybridized carbons (Fsp3) is 0.333. The summed E-state index contributed by atoms with van der Waals surface area (Å²) in [6, 6.07) is 22.4. The number of carboxylic acids is 1. The van der Waals surface area contributed by atoms with Gasteiger partial charge in [0.05, 0.1) is 38.0 Å². The van der Waals surface area contributed by atoms with Crippen LogP contribution in [0.25, 0.3) is 22.8 Å². The van der Waals surface area contributed by atoms with Crippen molar-refractivity contribution in [2.75, 3.05) is 5.73 Å². The van der Waals surface area contributed by atoms with E-state index in [1.165, 1.54) is 23.8 Å². The predicted octanol–water partition coefficient (Wildman–Crippen LogP) is 12.7. The number of aliphatic carboxylic acids is 1. The van der Waals surface area contributed by atoms with Crippen molar-refractivity contribution in [1.82, 2.24) is 20.3 Å². The Labute approximate surface area is 486 Å². The average Bonchev–Trinajstić information content (AvgIpc) is 1.76. The van der Waals surface area contributed by atoms with Gasteiger partial charge in [-0.15, -0.1) is 0 Å². The molecule has 3 saturated carbocycles. The lowest BCUT2D eigenvalue weighted by atomic mass is 10.0. The Hall–Kier alpha value is -10.3. The molecule has 0 amide bonds. The number of anilines is 1. The standard InChI is InChI=1S/C13H11F2N3O3.C13H13F2N3O.C9H11N3O3.C9H8N2O2.C9H9N.C4H4F2O2/c1-6-3-7(2)10(18(19)20)4-8(6)11-16-12(21-17-11)9-5-13(9,14)15;1-6-3-7(2)10(16)4-8(6)11-17-12(19-18-11)9-5-13(9,14)15;1-5-3-6(2)8(12(14)15)4-7(5)9(10)11-13;1-6-3-7(2)9(11(12)13)4-8(6)5-10;1-7-3-4-9(6-10)8(2)5-7;5-4(6)1-2(4)3(7)8/h3-4,9H,5H2,1-2H3;3-4,9H,5,16H2,1-2H3;3-4,13H,1-2H3,(H2,10,11);3-4H,1-2H3;3-5H,1-2H3;2H,1H2,(H,7,8). The molecule has 86 heavy (non-hydrogen) atoms. The summed E-state index contributed by atoms with van der Waals surface area (Å²) in [6.45, 7) is 17.9. The van der Waals surface area contributed by atoms with Gasteiger partial charge >= 0.3 is 5.97 Å². The Morgan fingerprint density at radius 3 is 1.37 bits per heavy atom. The van der Waals surface area contributed by atoms with Crippen LogP contribution in [0.15, 0.2) is 80.9 Å². The molecule has 0 bridgehead atoms. The Morgan fingerprint density at radius 1 is 0.593 bits per heavy atom. The highest BCUT2D eigenvalue weighted by Crippen LogP contribution is 2.56. The number of hydrogen-bond donors (Lipinski definition) is 4. The maximum atomic E-state index is 13.0. The Morgan fingerprint density at radius 2 is 0.988 bits per heavy atom. The monoisotopic (exact) mass is 1200 g/mol. The molecule has 7 aromatic rings. The lowest BCUT2D eigenvalue weighted by Crippen LogP contribution is -2.15. The van der Waals surface area contributed by atoms with Crippen LogP contribution in [0.5, 0.6) is 0 Å². The molecule has 3 aliphatic rings. The molecule has 10 rings (SSSR count). The molecule has 0 aliphatic heterocycles. The first-order valence-corrected chi connectivity index (χ1v) is 25.5. The number of nitrogen functional groups attached to an aromatic ring is 1. The molecule has 0 spiro atoms. The molecule has 23 nitrogen and oxygen atoms in total. The molecule has 0 saturated heterocycles. The molecular weight excluding hydrogens is 1140 g/mol. The van der Waals surface area contributed by atoms with E-state index in [0.29, 0.717) is 56.0 Å². The van der Waals surface area contributed by atoms with Crippen LogP contribution in [0.2, 0.25) is 0 Å². The summed E-state index contributed by atoms with van der Waals surface area (Å²) in [7, 11) is 0. The second-order valence-corrected chi connectivity index (χ2v) is 20.5. The van der Waals surface area contributed by atoms with Crippen LogP contribution in [0.3, 0.4) is 0 Å². The van der Waals surface area contributed by atoms with Gasteiger partial charge in [-0.3, -0.25) is 35.1 Å². The number of nitro groups is 3. The molecule has 452 valence electrons. The molecule has 3 unspecified atom stereocenters. The summed E-state index contributed by atoms with van der Waals surface area (Å²) in [6.07, 6.45) is -1.01. The molecule has 3 atom stereocenters. The summed E-state index contributed by atoms with van der Waals surface area (Å²) in [4.78, 5) is 48.3. The van der Waals surface area contributed by atoms with Gasteiger partial charge in [0.1, 0.15) is 17.8 Å². The van der Waals surface area contributed by atoms with E-state index in [4.69, 9.17) is 41.4 Å². The van der Waals surface area contributed by atoms with Gasteiger partial charge in [0.15, 0.2) is 5.84 Å². The van der Waals surface area contributed by atoms with Crippen molar-refractivity contribution < 1.29 is 65.3 Å². The second-order valence-electron chi connectivity index (χ2n) is 20.5. The summed E-state index contributed by atoms with van der Waals surface area (Å²) in [5.74, 6) is -13.0. The zero-order valence-corrected chi connectivity index (χ0v) is 47.7. The number of carbonyl (C=O) groups is 1. The smallest absolute Gasteiger partial charge is 0.312 e. The Bertz CT molecular complexity index is 3890. The summed E-state index contributed by atoms with van der Waals surface area (Å²) >= 11 is 0. The second kappa shape index (κ2) is 26.5. The van der Waals surface area contributed by atoms with Gasteiger partial charge < -0.3 is 30.8 Å². The van der Waals surface area contributed by atoms with E-state index in [2.05, 4.69) is 31.5 Å². The van der Waals surface area contributed by atoms with Crippen LogP contribution in [0, 0.1) is 128 Å². The van der Waals surface area contributed by atoms with Crippen LogP contribution in [-0.4, -0.2) is 74.9 Å². The van der Waals surface area contributed by atoms with Gasteiger partial charge in [-0.05, 0) is 133 Å². The highest BCUT2D eigenvalue weighted by atomic mass is 19.3. The topological polar surface area (TPSA) is 377 Å². The van der Waals surface area contributed by atoms with E-state index in [9.17, 15) is 61.5 Å². The lowest BCUT2D eigenvalue weighted by molar-refractivity contribution is -0.385. The van der Waals surface area contributed by atoms with Crippen LogP contribution >= 0.6 is 0 Å². The molecular formula is C57H56F6N12O11. The molecule has 6 N–H and O–H groups in total. The van der Waals surface area contributed by atoms with Crippen LogP contribution < -0.4 is 11.5 Å². The lowest BCUT2D eigenvalue weighted by Gasteiger charge is -2.05. The van der Waals surface area contributed by atoms with Crippen LogP contribution in [-0.2, 0) is 4.79 Å². The first kappa shape index (κ1) is 66.5. The number of amidine groups is 1. The third kappa shape index (κ3) is 16.5. The zero-order chi connectivity index (χ0) is 64.7. The zero-order valence-electron chi connectivity index (χ0n) is 47.7. The van der Waals surface area contributed by atoms with Crippen molar-refractivity contribution in [1.29, 1.82) is 10.5 Å². The van der Waals surface area contributed by atoms with Gasteiger partial charge in [-0.25, -0.2) is 26.3 Å². The number of aromatic nitrogens is 4. The molecule has 5 aromatic carbocycles. The third-order valence-corrected chi connectivity index (χ3v) is 13.6. The number of oxime groups is 1. The number of nitro benzene ring substituents is 3. The van der Waals surface area contributed by atoms with Gasteiger partial charge in [0.25, 0.3) is 34.8 Å². The maximum absolute atomic E-state index is 13.0. The van der Waals surface area contributed by atoms with Crippen LogP contribution in [0.1, 0.15) is 115 Å². The van der Waals surface area contributed by atoms with Crippen molar-refractivity contribution in [3.63, 3.8) is 0 Å². The van der Waals surface area contributed by atoms with E-state index in [1.54, 1.807) is 65.8 Å². The minimum Gasteiger partial charge on any atom is -0.481 e. The number of benzene rings is 5. The Balaban J connectivity index is 0.000000194. The molecule has 3 fully saturated rings. The number of halogens is 6. The highest BCUT2D eigenvalue weighted by molar-refractivity contribution is 5.99. The van der Waals surface area contributed by atoms with Crippen LogP contribution in [0.4, 0.5) is 49.1 Å². The average molecular weight is 1200 g/mol. The van der Waals surface area contributed by atoms with Gasteiger partial charge in [-0.1, -0.05) is 39.2 Å². The highest BCUT2D eigenvalue weighted by Gasteiger charge is 2.62. The van der Waals surface area contributed by atoms with Gasteiger partial charge in [0, 0.05) is 76.5 Å². The number of nitrogens with two attached hydrogens (primary N) is 2. The van der Waals surface area contributed by atoms with Crippen molar-refractivity contribution in [2.45, 2.75) is 118 Å². The van der Waals surface area contributed by atoms with Gasteiger partial charge in [0.2, 0.25) is 23.4 Å². The van der Waals surface area contributed by atoms with E-state index < -0.39 is 62.7 Å². The first-order chi connectivity index (χ1) is 40.0. The summed E-state index contributed by atoms with van der Waals surface area (Å²) < 4.78 is 84.9. The minimum absolute atomic E-state index is 0.00135. The number of nitriles is 2. The number of aryl methyl sites for hydroxylation is 10. The maximum Gasteiger partial charge on any atom is 0.312 e. The number of alkyl halides is 6. The normalized spacial score (nSPS) is 16.7. The molecule has 2 heterocycles. The summed E-state index contributed by atoms with van der Waals surface area (Å²) in [5.41, 5.74) is 22.4. The van der Waals surface area contributed by atoms with Gasteiger partial charge in [-0.2, -0.15) is 20.5 Å². The van der Waals surface area contributed by atoms with E-state index >= 15 is 0 Å². The Kier molecular flexibility index (Phi) is 20.5. The number of carboxylic acid groups (broad SMARTS) is 1. The molecule has 3 aliphatic carbocycles. The quantitative estimate of drug-likeness (QED) is 0.0198. The fourth-order valence-corrected chi connectivity index (χ4v) is 8.27. The van der Waals surface area contributed by atoms with Crippen molar-refractivity contribution in [2.24, 2.45) is 16.8 Å². The van der Waals surface area contributed by atoms with Crippen molar-refractivity contribution in [3.05, 3.63) is 181 Å². The first-order valence-electron chi connectivity index (χ1n) is 25.5. The summed E-state index contributed by atoms with van der Waals surface area (Å²) in [5, 5.41) is 76.0. The number of nitrogens with zero attached hydrogens (tertiary/aromatic N) is 10. The number of hydrogen-bond acceptors (Lipinski definition) is 18. The van der Waals surface area contributed by atoms with Crippen molar-refractivity contribution >= 4 is 34.6 Å². The third-order valence-electron chi connectivity index (χ3n) is 13.6. The molecule has 0 radical (unpaired) electrons. The number of rotatable bonds is 9. The fourth-order valence-electron chi connectivity index (χ4n) is 8.27. The molecule has 2 aromatic heterocycles. The van der Waals surface area contributed by atoms with E-state index in [-0.39, 0.29) is 53.3 Å². The van der Waals surface area contributed by atoms with E-state index in [0.717, 1.165) is 33.4 Å². The SMILES string of the molecule is Cc1cc(C)c(-c2noc(C3CC3(F)F)n2)cc1N.Cc1cc(C)c([N+](=O)[O-])cc1-c1noc(C2CC2(F)F)n1.Cc1cc(C)c([N+](=O)[O-])cc1/C(N)=N/O.Cc1cc(C)c([N+](=O)[O-])cc1C#N.Cc1ccc(C#N)c(C)c1.O=C(O)C1CC1(F)F. The van der Waals surface area contributed by atoms with Crippen molar-refractivity contribution in [3.8, 4) is 34.9 Å². The minimum atomic E-state index is -2.91. The van der Waals surface area contributed by atoms with E-state index in [1.807, 2.05) is 58.0 Å². The predicted molar refractivity (Wildman–Crippen MR) is 298 cm³/mol. The molecule has 29 heteroatoms.